The fraction of sp³-hybridized carbons (Fsp3) is 0.190. The lowest BCUT2D eigenvalue weighted by Gasteiger charge is -2.15. The number of anilines is 2. The highest BCUT2D eigenvalue weighted by atomic mass is 32.2. The summed E-state index contributed by atoms with van der Waals surface area (Å²) in [5.74, 6) is -0.0742. The maximum absolute atomic E-state index is 12.6. The van der Waals surface area contributed by atoms with Crippen LogP contribution in [-0.4, -0.2) is 19.6 Å². The van der Waals surface area contributed by atoms with Gasteiger partial charge in [-0.05, 0) is 67.6 Å². The van der Waals surface area contributed by atoms with E-state index in [4.69, 9.17) is 0 Å². The van der Waals surface area contributed by atoms with Crippen LogP contribution in [-0.2, 0) is 14.8 Å². The van der Waals surface area contributed by atoms with E-state index < -0.39 is 10.0 Å². The van der Waals surface area contributed by atoms with Crippen molar-refractivity contribution in [3.05, 3.63) is 71.1 Å². The largest absolute Gasteiger partial charge is 0.325 e. The first-order valence-corrected chi connectivity index (χ1v) is 12.2. The SMILES string of the molecule is Cc1cccc(C)c1NC(=O)C(C)Sc1ccc(NS(=O)(=O)c2cccs2)cc1. The molecule has 29 heavy (non-hydrogen) atoms. The molecule has 0 aliphatic heterocycles. The molecule has 1 atom stereocenters. The highest BCUT2D eigenvalue weighted by Gasteiger charge is 2.17. The van der Waals surface area contributed by atoms with Crippen molar-refractivity contribution < 1.29 is 13.2 Å². The number of sulfonamides is 1. The first-order valence-electron chi connectivity index (χ1n) is 8.96. The van der Waals surface area contributed by atoms with E-state index in [9.17, 15) is 13.2 Å². The van der Waals surface area contributed by atoms with Crippen LogP contribution < -0.4 is 10.0 Å². The smallest absolute Gasteiger partial charge is 0.271 e. The molecular formula is C21H22N2O3S3. The Labute approximate surface area is 179 Å². The van der Waals surface area contributed by atoms with Crippen molar-refractivity contribution in [1.29, 1.82) is 0 Å². The second-order valence-corrected chi connectivity index (χ2v) is 10.8. The van der Waals surface area contributed by atoms with E-state index >= 15 is 0 Å². The number of carbonyl (C=O) groups is 1. The zero-order valence-corrected chi connectivity index (χ0v) is 18.7. The van der Waals surface area contributed by atoms with Crippen molar-refractivity contribution in [3.63, 3.8) is 0 Å². The number of benzene rings is 2. The molecule has 0 saturated carbocycles. The molecule has 2 aromatic carbocycles. The van der Waals surface area contributed by atoms with E-state index in [1.165, 1.54) is 23.1 Å². The molecule has 1 amide bonds. The quantitative estimate of drug-likeness (QED) is 0.484. The molecule has 3 aromatic rings. The predicted molar refractivity (Wildman–Crippen MR) is 121 cm³/mol. The topological polar surface area (TPSA) is 75.3 Å². The maximum Gasteiger partial charge on any atom is 0.271 e. The molecule has 0 aliphatic carbocycles. The number of rotatable bonds is 7. The van der Waals surface area contributed by atoms with E-state index in [2.05, 4.69) is 10.0 Å². The fourth-order valence-corrected chi connectivity index (χ4v) is 5.64. The minimum atomic E-state index is -3.56. The van der Waals surface area contributed by atoms with E-state index in [-0.39, 0.29) is 15.4 Å². The van der Waals surface area contributed by atoms with Crippen LogP contribution in [0.25, 0.3) is 0 Å². The van der Waals surface area contributed by atoms with Crippen LogP contribution in [0.5, 0.6) is 0 Å². The summed E-state index contributed by atoms with van der Waals surface area (Å²) in [5.41, 5.74) is 3.38. The third-order valence-electron chi connectivity index (χ3n) is 4.28. The lowest BCUT2D eigenvalue weighted by atomic mass is 10.1. The van der Waals surface area contributed by atoms with Gasteiger partial charge in [-0.25, -0.2) is 8.42 Å². The molecular weight excluding hydrogens is 424 g/mol. The number of carbonyl (C=O) groups excluding carboxylic acids is 1. The average molecular weight is 447 g/mol. The summed E-state index contributed by atoms with van der Waals surface area (Å²) >= 11 is 2.59. The molecule has 0 radical (unpaired) electrons. The van der Waals surface area contributed by atoms with Crippen molar-refractivity contribution in [2.75, 3.05) is 10.0 Å². The molecule has 1 unspecified atom stereocenters. The Morgan fingerprint density at radius 2 is 1.66 bits per heavy atom. The molecule has 2 N–H and O–H groups in total. The van der Waals surface area contributed by atoms with Gasteiger partial charge in [-0.3, -0.25) is 9.52 Å². The molecule has 8 heteroatoms. The Morgan fingerprint density at radius 1 is 1.00 bits per heavy atom. The number of hydrogen-bond acceptors (Lipinski definition) is 5. The van der Waals surface area contributed by atoms with Gasteiger partial charge < -0.3 is 5.32 Å². The van der Waals surface area contributed by atoms with Crippen molar-refractivity contribution in [1.82, 2.24) is 0 Å². The van der Waals surface area contributed by atoms with Crippen LogP contribution >= 0.6 is 23.1 Å². The standard InChI is InChI=1S/C21H22N2O3S3/c1-14-6-4-7-15(2)20(14)22-21(24)16(3)28-18-11-9-17(10-12-18)23-29(25,26)19-8-5-13-27-19/h4-13,16,23H,1-3H3,(H,22,24). The number of hydrogen-bond donors (Lipinski definition) is 2. The van der Waals surface area contributed by atoms with Gasteiger partial charge in [0.1, 0.15) is 4.21 Å². The fourth-order valence-electron chi connectivity index (χ4n) is 2.72. The van der Waals surface area contributed by atoms with Gasteiger partial charge in [0, 0.05) is 16.3 Å². The Bertz CT molecular complexity index is 1070. The number of thiophene rings is 1. The van der Waals surface area contributed by atoms with E-state index in [1.54, 1.807) is 41.8 Å². The van der Waals surface area contributed by atoms with Gasteiger partial charge in [0.2, 0.25) is 5.91 Å². The van der Waals surface area contributed by atoms with E-state index in [1.807, 2.05) is 39.0 Å². The summed E-state index contributed by atoms with van der Waals surface area (Å²) in [5, 5.41) is 4.42. The van der Waals surface area contributed by atoms with Crippen LogP contribution in [0.3, 0.4) is 0 Å². The highest BCUT2D eigenvalue weighted by molar-refractivity contribution is 8.00. The molecule has 0 saturated heterocycles. The van der Waals surface area contributed by atoms with Gasteiger partial charge in [0.05, 0.1) is 5.25 Å². The van der Waals surface area contributed by atoms with Gasteiger partial charge >= 0.3 is 0 Å². The minimum Gasteiger partial charge on any atom is -0.325 e. The first kappa shape index (κ1) is 21.4. The molecule has 0 aliphatic rings. The van der Waals surface area contributed by atoms with Crippen LogP contribution in [0.4, 0.5) is 11.4 Å². The minimum absolute atomic E-state index is 0.0742. The molecule has 5 nitrogen and oxygen atoms in total. The van der Waals surface area contributed by atoms with Gasteiger partial charge in [-0.2, -0.15) is 0 Å². The zero-order chi connectivity index (χ0) is 21.0. The number of para-hydroxylation sites is 1. The third-order valence-corrected chi connectivity index (χ3v) is 8.17. The Kier molecular flexibility index (Phi) is 6.66. The van der Waals surface area contributed by atoms with Crippen molar-refractivity contribution in [3.8, 4) is 0 Å². The van der Waals surface area contributed by atoms with Crippen molar-refractivity contribution in [2.45, 2.75) is 35.1 Å². The van der Waals surface area contributed by atoms with Gasteiger partial charge in [0.25, 0.3) is 10.0 Å². The summed E-state index contributed by atoms with van der Waals surface area (Å²) in [7, 11) is -3.56. The molecule has 0 bridgehead atoms. The monoisotopic (exact) mass is 446 g/mol. The van der Waals surface area contributed by atoms with Gasteiger partial charge in [-0.15, -0.1) is 23.1 Å². The van der Waals surface area contributed by atoms with Crippen LogP contribution in [0, 0.1) is 13.8 Å². The van der Waals surface area contributed by atoms with Crippen molar-refractivity contribution >= 4 is 50.4 Å². The number of nitrogens with one attached hydrogen (secondary N) is 2. The summed E-state index contributed by atoms with van der Waals surface area (Å²) in [6.45, 7) is 5.79. The summed E-state index contributed by atoms with van der Waals surface area (Å²) in [6, 6.07) is 16.2. The van der Waals surface area contributed by atoms with Gasteiger partial charge in [0.15, 0.2) is 0 Å². The first-order chi connectivity index (χ1) is 13.8. The number of amides is 1. The third kappa shape index (κ3) is 5.41. The molecule has 0 fully saturated rings. The van der Waals surface area contributed by atoms with E-state index in [0.29, 0.717) is 5.69 Å². The Morgan fingerprint density at radius 3 is 2.24 bits per heavy atom. The lowest BCUT2D eigenvalue weighted by Crippen LogP contribution is -2.23. The van der Waals surface area contributed by atoms with Gasteiger partial charge in [-0.1, -0.05) is 24.3 Å². The average Bonchev–Trinajstić information content (AvgIpc) is 3.22. The second-order valence-electron chi connectivity index (χ2n) is 6.58. The van der Waals surface area contributed by atoms with Crippen molar-refractivity contribution in [2.24, 2.45) is 0 Å². The number of thioether (sulfide) groups is 1. The molecule has 152 valence electrons. The normalized spacial score (nSPS) is 12.4. The molecule has 1 heterocycles. The van der Waals surface area contributed by atoms with Crippen LogP contribution in [0.1, 0.15) is 18.1 Å². The predicted octanol–water partition coefficient (Wildman–Crippen LogP) is 5.29. The van der Waals surface area contributed by atoms with E-state index in [0.717, 1.165) is 21.7 Å². The van der Waals surface area contributed by atoms with Crippen LogP contribution in [0.15, 0.2) is 69.1 Å². The maximum atomic E-state index is 12.6. The molecule has 3 rings (SSSR count). The zero-order valence-electron chi connectivity index (χ0n) is 16.3. The second kappa shape index (κ2) is 9.02. The summed E-state index contributed by atoms with van der Waals surface area (Å²) < 4.78 is 27.4. The summed E-state index contributed by atoms with van der Waals surface area (Å²) in [6.07, 6.45) is 0. The Hall–Kier alpha value is -2.29. The Balaban J connectivity index is 1.62. The molecule has 1 aromatic heterocycles. The summed E-state index contributed by atoms with van der Waals surface area (Å²) in [4.78, 5) is 13.5. The molecule has 0 spiro atoms. The van der Waals surface area contributed by atoms with Crippen LogP contribution in [0.2, 0.25) is 0 Å². The lowest BCUT2D eigenvalue weighted by molar-refractivity contribution is -0.115. The number of aryl methyl sites for hydroxylation is 2. The highest BCUT2D eigenvalue weighted by Crippen LogP contribution is 2.28.